The maximum absolute atomic E-state index is 12.9. The lowest BCUT2D eigenvalue weighted by Crippen LogP contribution is -2.24. The minimum Gasteiger partial charge on any atom is -0.482 e. The fraction of sp³-hybridized carbons (Fsp3) is 0.235. The number of hydrogen-bond donors (Lipinski definition) is 1. The predicted molar refractivity (Wildman–Crippen MR) is 84.3 cm³/mol. The third-order valence-corrected chi connectivity index (χ3v) is 3.59. The zero-order valence-corrected chi connectivity index (χ0v) is 12.6. The van der Waals surface area contributed by atoms with Crippen LogP contribution in [0.15, 0.2) is 48.5 Å². The molecule has 0 aliphatic rings. The molecule has 0 aliphatic carbocycles. The third-order valence-electron chi connectivity index (χ3n) is 3.30. The largest absolute Gasteiger partial charge is 0.482 e. The average molecular weight is 304 g/mol. The molecule has 2 aromatic carbocycles. The van der Waals surface area contributed by atoms with Crippen molar-refractivity contribution in [3.05, 3.63) is 65.5 Å². The molecule has 0 aromatic heterocycles. The summed E-state index contributed by atoms with van der Waals surface area (Å²) < 4.78 is 18.5. The minimum absolute atomic E-state index is 0.326. The molecule has 110 valence electrons. The summed E-state index contributed by atoms with van der Waals surface area (Å²) in [7, 11) is 0. The van der Waals surface area contributed by atoms with Crippen molar-refractivity contribution < 1.29 is 13.9 Å². The Morgan fingerprint density at radius 2 is 1.86 bits per heavy atom. The Morgan fingerprint density at radius 1 is 1.19 bits per heavy atom. The van der Waals surface area contributed by atoms with Crippen molar-refractivity contribution in [3.8, 4) is 5.75 Å². The van der Waals surface area contributed by atoms with E-state index in [0.717, 1.165) is 6.42 Å². The Bertz CT molecular complexity index is 610. The molecule has 21 heavy (non-hydrogen) atoms. The molecule has 0 saturated heterocycles. The second-order valence-electron chi connectivity index (χ2n) is 4.86. The van der Waals surface area contributed by atoms with Gasteiger partial charge in [0.2, 0.25) is 5.12 Å². The zero-order valence-electron chi connectivity index (χ0n) is 11.8. The molecule has 2 aromatic rings. The van der Waals surface area contributed by atoms with E-state index in [2.05, 4.69) is 12.6 Å². The summed E-state index contributed by atoms with van der Waals surface area (Å²) in [5, 5.41) is -0.326. The van der Waals surface area contributed by atoms with E-state index in [1.807, 2.05) is 31.2 Å². The lowest BCUT2D eigenvalue weighted by molar-refractivity contribution is -0.117. The number of rotatable bonds is 6. The number of carbonyl (C=O) groups is 1. The van der Waals surface area contributed by atoms with E-state index in [0.29, 0.717) is 12.2 Å². The maximum Gasteiger partial charge on any atom is 0.226 e. The molecule has 0 aliphatic heterocycles. The second kappa shape index (κ2) is 7.27. The number of hydrogen-bond acceptors (Lipinski definition) is 2. The summed E-state index contributed by atoms with van der Waals surface area (Å²) in [6.07, 6.45) is 0.619. The third kappa shape index (κ3) is 4.60. The molecule has 0 heterocycles. The molecule has 1 atom stereocenters. The Hall–Kier alpha value is -1.81. The van der Waals surface area contributed by atoms with Gasteiger partial charge in [0, 0.05) is 0 Å². The summed E-state index contributed by atoms with van der Waals surface area (Å²) in [4.78, 5) is 11.6. The molecular formula is C17H17FO2S. The number of aryl methyl sites for hydroxylation is 2. The first-order valence-electron chi connectivity index (χ1n) is 6.76. The SMILES string of the molecule is Cc1ccccc1CCC(Oc1ccc(F)cc1)C(=O)S. The first-order valence-corrected chi connectivity index (χ1v) is 7.20. The number of thiol groups is 1. The summed E-state index contributed by atoms with van der Waals surface area (Å²) >= 11 is 3.88. The molecule has 1 unspecified atom stereocenters. The van der Waals surface area contributed by atoms with E-state index in [9.17, 15) is 9.18 Å². The maximum atomic E-state index is 12.9. The van der Waals surface area contributed by atoms with Gasteiger partial charge in [-0.3, -0.25) is 4.79 Å². The van der Waals surface area contributed by atoms with Crippen molar-refractivity contribution in [2.45, 2.75) is 25.9 Å². The van der Waals surface area contributed by atoms with Crippen molar-refractivity contribution in [2.24, 2.45) is 0 Å². The van der Waals surface area contributed by atoms with Crippen LogP contribution in [0.3, 0.4) is 0 Å². The molecular weight excluding hydrogens is 287 g/mol. The van der Waals surface area contributed by atoms with Crippen molar-refractivity contribution in [3.63, 3.8) is 0 Å². The van der Waals surface area contributed by atoms with Crippen LogP contribution in [0.4, 0.5) is 4.39 Å². The number of benzene rings is 2. The highest BCUT2D eigenvalue weighted by Gasteiger charge is 2.17. The zero-order chi connectivity index (χ0) is 15.2. The Morgan fingerprint density at radius 3 is 2.48 bits per heavy atom. The van der Waals surface area contributed by atoms with Crippen LogP contribution in [0.2, 0.25) is 0 Å². The molecule has 0 radical (unpaired) electrons. The van der Waals surface area contributed by atoms with Gasteiger partial charge < -0.3 is 4.74 Å². The van der Waals surface area contributed by atoms with E-state index in [4.69, 9.17) is 4.74 Å². The van der Waals surface area contributed by atoms with E-state index < -0.39 is 6.10 Å². The highest BCUT2D eigenvalue weighted by molar-refractivity contribution is 7.96. The first kappa shape index (κ1) is 15.6. The second-order valence-corrected chi connectivity index (χ2v) is 5.30. The van der Waals surface area contributed by atoms with Gasteiger partial charge in [-0.25, -0.2) is 4.39 Å². The van der Waals surface area contributed by atoms with E-state index in [1.54, 1.807) is 0 Å². The van der Waals surface area contributed by atoms with Crippen molar-refractivity contribution >= 4 is 17.7 Å². The summed E-state index contributed by atoms with van der Waals surface area (Å²) in [6.45, 7) is 2.04. The number of halogens is 1. The van der Waals surface area contributed by atoms with Crippen molar-refractivity contribution in [1.82, 2.24) is 0 Å². The topological polar surface area (TPSA) is 26.3 Å². The highest BCUT2D eigenvalue weighted by atomic mass is 32.1. The van der Waals surface area contributed by atoms with E-state index in [1.165, 1.54) is 35.4 Å². The standard InChI is InChI=1S/C17H17FO2S/c1-12-4-2-3-5-13(12)6-11-16(17(19)21)20-15-9-7-14(18)8-10-15/h2-5,7-10,16H,6,11H2,1H3,(H,19,21). The van der Waals surface area contributed by atoms with Gasteiger partial charge in [0.15, 0.2) is 6.10 Å². The molecule has 0 bridgehead atoms. The summed E-state index contributed by atoms with van der Waals surface area (Å²) in [5.74, 6) is 0.129. The van der Waals surface area contributed by atoms with Crippen LogP contribution >= 0.6 is 12.6 Å². The lowest BCUT2D eigenvalue weighted by Gasteiger charge is -2.16. The van der Waals surface area contributed by atoms with Gasteiger partial charge in [-0.15, -0.1) is 12.6 Å². The van der Waals surface area contributed by atoms with Crippen LogP contribution in [-0.2, 0) is 11.2 Å². The lowest BCUT2D eigenvalue weighted by atomic mass is 10.0. The van der Waals surface area contributed by atoms with Gasteiger partial charge in [0.05, 0.1) is 0 Å². The normalized spacial score (nSPS) is 12.0. The van der Waals surface area contributed by atoms with Gasteiger partial charge in [-0.05, 0) is 55.2 Å². The van der Waals surface area contributed by atoms with Gasteiger partial charge >= 0.3 is 0 Å². The fourth-order valence-corrected chi connectivity index (χ4v) is 2.27. The quantitative estimate of drug-likeness (QED) is 0.817. The monoisotopic (exact) mass is 304 g/mol. The molecule has 0 saturated carbocycles. The molecule has 0 amide bonds. The van der Waals surface area contributed by atoms with Crippen molar-refractivity contribution in [1.29, 1.82) is 0 Å². The summed E-state index contributed by atoms with van der Waals surface area (Å²) in [5.41, 5.74) is 2.37. The number of carbonyl (C=O) groups excluding carboxylic acids is 1. The van der Waals surface area contributed by atoms with Crippen LogP contribution in [0.5, 0.6) is 5.75 Å². The summed E-state index contributed by atoms with van der Waals surface area (Å²) in [6, 6.07) is 13.6. The molecule has 2 nitrogen and oxygen atoms in total. The minimum atomic E-state index is -0.640. The van der Waals surface area contributed by atoms with E-state index >= 15 is 0 Å². The Balaban J connectivity index is 2.01. The fourth-order valence-electron chi connectivity index (χ4n) is 2.09. The average Bonchev–Trinajstić information content (AvgIpc) is 2.46. The van der Waals surface area contributed by atoms with Crippen LogP contribution in [0.1, 0.15) is 17.5 Å². The molecule has 0 spiro atoms. The van der Waals surface area contributed by atoms with Gasteiger partial charge in [0.25, 0.3) is 0 Å². The molecule has 4 heteroatoms. The van der Waals surface area contributed by atoms with Gasteiger partial charge in [-0.1, -0.05) is 24.3 Å². The van der Waals surface area contributed by atoms with Crippen LogP contribution < -0.4 is 4.74 Å². The number of ether oxygens (including phenoxy) is 1. The van der Waals surface area contributed by atoms with Crippen LogP contribution in [0.25, 0.3) is 0 Å². The molecule has 0 N–H and O–H groups in total. The van der Waals surface area contributed by atoms with Gasteiger partial charge in [0.1, 0.15) is 11.6 Å². The first-order chi connectivity index (χ1) is 10.1. The van der Waals surface area contributed by atoms with Crippen LogP contribution in [0, 0.1) is 12.7 Å². The molecule has 2 rings (SSSR count). The molecule has 0 fully saturated rings. The Labute approximate surface area is 129 Å². The van der Waals surface area contributed by atoms with E-state index in [-0.39, 0.29) is 10.9 Å². The Kier molecular flexibility index (Phi) is 5.39. The smallest absolute Gasteiger partial charge is 0.226 e. The van der Waals surface area contributed by atoms with Crippen molar-refractivity contribution in [2.75, 3.05) is 0 Å². The predicted octanol–water partition coefficient (Wildman–Crippen LogP) is 3.97. The van der Waals surface area contributed by atoms with Gasteiger partial charge in [-0.2, -0.15) is 0 Å². The highest BCUT2D eigenvalue weighted by Crippen LogP contribution is 2.18. The van der Waals surface area contributed by atoms with Crippen LogP contribution in [-0.4, -0.2) is 11.2 Å².